The van der Waals surface area contributed by atoms with Crippen molar-refractivity contribution in [2.45, 2.75) is 29.7 Å². The topological polar surface area (TPSA) is 104 Å². The number of carbonyl (C=O) groups is 3. The van der Waals surface area contributed by atoms with Gasteiger partial charge in [0.1, 0.15) is 6.04 Å². The molecule has 6 nitrogen and oxygen atoms in total. The van der Waals surface area contributed by atoms with Crippen molar-refractivity contribution in [3.05, 3.63) is 29.8 Å². The molecule has 0 aliphatic carbocycles. The molecule has 0 fully saturated rings. The van der Waals surface area contributed by atoms with Gasteiger partial charge in [-0.2, -0.15) is 0 Å². The quantitative estimate of drug-likeness (QED) is 0.732. The zero-order valence-corrected chi connectivity index (χ0v) is 11.9. The monoisotopic (exact) mass is 309 g/mol. The van der Waals surface area contributed by atoms with Gasteiger partial charge in [0, 0.05) is 17.1 Å². The first-order valence-electron chi connectivity index (χ1n) is 6.45. The summed E-state index contributed by atoms with van der Waals surface area (Å²) >= 11 is 1.56. The zero-order chi connectivity index (χ0) is 15.4. The molecule has 1 unspecified atom stereocenters. The summed E-state index contributed by atoms with van der Waals surface area (Å²) in [7, 11) is 0. The maximum atomic E-state index is 12.2. The van der Waals surface area contributed by atoms with Crippen molar-refractivity contribution < 1.29 is 24.6 Å². The fourth-order valence-electron chi connectivity index (χ4n) is 2.18. The molecule has 1 aromatic rings. The third kappa shape index (κ3) is 3.75. The Labute approximate surface area is 125 Å². The highest BCUT2D eigenvalue weighted by molar-refractivity contribution is 7.99. The van der Waals surface area contributed by atoms with Crippen LogP contribution in [0.2, 0.25) is 0 Å². The van der Waals surface area contributed by atoms with Gasteiger partial charge in [-0.25, -0.2) is 4.79 Å². The molecule has 112 valence electrons. The Kier molecular flexibility index (Phi) is 4.85. The number of amides is 1. The van der Waals surface area contributed by atoms with Gasteiger partial charge in [0.2, 0.25) is 5.91 Å². The average molecular weight is 309 g/mol. The van der Waals surface area contributed by atoms with Gasteiger partial charge in [-0.3, -0.25) is 9.59 Å². The molecule has 0 spiro atoms. The summed E-state index contributed by atoms with van der Waals surface area (Å²) in [6.45, 7) is 0. The largest absolute Gasteiger partial charge is 0.481 e. The molecule has 0 radical (unpaired) electrons. The second-order valence-electron chi connectivity index (χ2n) is 4.73. The van der Waals surface area contributed by atoms with E-state index in [1.54, 1.807) is 11.8 Å². The lowest BCUT2D eigenvalue weighted by Gasteiger charge is -2.17. The van der Waals surface area contributed by atoms with E-state index in [1.165, 1.54) is 0 Å². The van der Waals surface area contributed by atoms with Crippen LogP contribution >= 0.6 is 11.8 Å². The fraction of sp³-hybridized carbons (Fsp3) is 0.357. The van der Waals surface area contributed by atoms with Crippen molar-refractivity contribution in [3.63, 3.8) is 0 Å². The van der Waals surface area contributed by atoms with Crippen LogP contribution in [0.4, 0.5) is 0 Å². The maximum Gasteiger partial charge on any atom is 0.326 e. The van der Waals surface area contributed by atoms with Crippen LogP contribution in [0.3, 0.4) is 0 Å². The third-order valence-electron chi connectivity index (χ3n) is 3.28. The highest BCUT2D eigenvalue weighted by atomic mass is 32.2. The van der Waals surface area contributed by atoms with Crippen LogP contribution in [0.5, 0.6) is 0 Å². The summed E-state index contributed by atoms with van der Waals surface area (Å²) in [6.07, 6.45) is -0.425. The number of hydrogen-bond donors (Lipinski definition) is 3. The number of carboxylic acid groups (broad SMARTS) is 2. The number of nitrogens with one attached hydrogen (secondary N) is 1. The molecule has 2 rings (SSSR count). The second-order valence-corrected chi connectivity index (χ2v) is 5.80. The zero-order valence-electron chi connectivity index (χ0n) is 11.1. The van der Waals surface area contributed by atoms with Crippen LogP contribution < -0.4 is 5.32 Å². The van der Waals surface area contributed by atoms with Crippen LogP contribution in [0.1, 0.15) is 24.3 Å². The molecule has 1 heterocycles. The minimum atomic E-state index is -1.22. The van der Waals surface area contributed by atoms with Crippen molar-refractivity contribution in [1.82, 2.24) is 5.32 Å². The SMILES string of the molecule is O=C(O)CC[C@H](NC(=O)C1CSc2ccccc21)C(=O)O. The molecular weight excluding hydrogens is 294 g/mol. The Bertz CT molecular complexity index is 574. The first kappa shape index (κ1) is 15.4. The lowest BCUT2D eigenvalue weighted by Crippen LogP contribution is -2.43. The van der Waals surface area contributed by atoms with Gasteiger partial charge in [-0.1, -0.05) is 18.2 Å². The molecule has 0 bridgehead atoms. The molecule has 0 saturated heterocycles. The van der Waals surface area contributed by atoms with Crippen molar-refractivity contribution in [2.24, 2.45) is 0 Å². The van der Waals surface area contributed by atoms with Crippen molar-refractivity contribution in [3.8, 4) is 0 Å². The Morgan fingerprint density at radius 2 is 2.00 bits per heavy atom. The van der Waals surface area contributed by atoms with E-state index in [2.05, 4.69) is 5.32 Å². The van der Waals surface area contributed by atoms with Crippen LogP contribution in [-0.4, -0.2) is 39.9 Å². The van der Waals surface area contributed by atoms with Crippen molar-refractivity contribution in [1.29, 1.82) is 0 Å². The number of benzene rings is 1. The summed E-state index contributed by atoms with van der Waals surface area (Å²) in [5, 5.41) is 20.1. The van der Waals surface area contributed by atoms with E-state index in [1.807, 2.05) is 24.3 Å². The van der Waals surface area contributed by atoms with Gasteiger partial charge in [0.25, 0.3) is 0 Å². The molecule has 0 aromatic heterocycles. The summed E-state index contributed by atoms with van der Waals surface area (Å²) < 4.78 is 0. The summed E-state index contributed by atoms with van der Waals surface area (Å²) in [4.78, 5) is 34.9. The number of thioether (sulfide) groups is 1. The molecule has 1 amide bonds. The van der Waals surface area contributed by atoms with Crippen molar-refractivity contribution >= 4 is 29.6 Å². The van der Waals surface area contributed by atoms with E-state index in [9.17, 15) is 14.4 Å². The van der Waals surface area contributed by atoms with Gasteiger partial charge in [0.15, 0.2) is 0 Å². The molecule has 3 N–H and O–H groups in total. The van der Waals surface area contributed by atoms with E-state index >= 15 is 0 Å². The molecular formula is C14H15NO5S. The normalized spacial score (nSPS) is 17.8. The lowest BCUT2D eigenvalue weighted by atomic mass is 10.00. The summed E-state index contributed by atoms with van der Waals surface area (Å²) in [5.41, 5.74) is 0.891. The summed E-state index contributed by atoms with van der Waals surface area (Å²) in [6, 6.07) is 6.33. The minimum Gasteiger partial charge on any atom is -0.481 e. The molecule has 21 heavy (non-hydrogen) atoms. The van der Waals surface area contributed by atoms with E-state index in [4.69, 9.17) is 10.2 Å². The summed E-state index contributed by atoms with van der Waals surface area (Å²) in [5.74, 6) is -2.50. The van der Waals surface area contributed by atoms with Gasteiger partial charge >= 0.3 is 11.9 Å². The second kappa shape index (κ2) is 6.62. The van der Waals surface area contributed by atoms with Crippen LogP contribution in [0.25, 0.3) is 0 Å². The Morgan fingerprint density at radius 3 is 2.67 bits per heavy atom. The van der Waals surface area contributed by atoms with Crippen LogP contribution in [0.15, 0.2) is 29.2 Å². The minimum absolute atomic E-state index is 0.127. The Balaban J connectivity index is 2.03. The number of rotatable bonds is 6. The standard InChI is InChI=1S/C14H15NO5S/c16-12(17)6-5-10(14(19)20)15-13(18)9-7-21-11-4-2-1-3-8(9)11/h1-4,9-10H,5-7H2,(H,15,18)(H,16,17)(H,19,20)/t9?,10-/m0/s1. The van der Waals surface area contributed by atoms with E-state index in [-0.39, 0.29) is 18.7 Å². The molecule has 1 aromatic carbocycles. The molecule has 2 atom stereocenters. The van der Waals surface area contributed by atoms with E-state index < -0.39 is 23.9 Å². The highest BCUT2D eigenvalue weighted by Gasteiger charge is 2.31. The first-order chi connectivity index (χ1) is 9.99. The fourth-order valence-corrected chi connectivity index (χ4v) is 3.41. The number of fused-ring (bicyclic) bond motifs is 1. The van der Waals surface area contributed by atoms with Crippen LogP contribution in [-0.2, 0) is 14.4 Å². The number of hydrogen-bond acceptors (Lipinski definition) is 4. The van der Waals surface area contributed by atoms with Crippen LogP contribution in [0, 0.1) is 0 Å². The Hall–Kier alpha value is -2.02. The number of carbonyl (C=O) groups excluding carboxylic acids is 1. The Morgan fingerprint density at radius 1 is 1.29 bits per heavy atom. The van der Waals surface area contributed by atoms with Crippen molar-refractivity contribution in [2.75, 3.05) is 5.75 Å². The molecule has 0 saturated carbocycles. The number of aliphatic carboxylic acids is 2. The van der Waals surface area contributed by atoms with Gasteiger partial charge < -0.3 is 15.5 Å². The number of carboxylic acids is 2. The third-order valence-corrected chi connectivity index (χ3v) is 4.46. The molecule has 7 heteroatoms. The van der Waals surface area contributed by atoms with Gasteiger partial charge in [-0.15, -0.1) is 11.8 Å². The average Bonchev–Trinajstić information content (AvgIpc) is 2.86. The molecule has 1 aliphatic rings. The maximum absolute atomic E-state index is 12.2. The lowest BCUT2D eigenvalue weighted by molar-refractivity contribution is -0.143. The predicted molar refractivity (Wildman–Crippen MR) is 76.3 cm³/mol. The van der Waals surface area contributed by atoms with E-state index in [0.717, 1.165) is 10.5 Å². The smallest absolute Gasteiger partial charge is 0.326 e. The van der Waals surface area contributed by atoms with E-state index in [0.29, 0.717) is 5.75 Å². The first-order valence-corrected chi connectivity index (χ1v) is 7.44. The predicted octanol–water partition coefficient (Wildman–Crippen LogP) is 1.31. The molecule has 1 aliphatic heterocycles. The highest BCUT2D eigenvalue weighted by Crippen LogP contribution is 2.39. The van der Waals surface area contributed by atoms with Gasteiger partial charge in [-0.05, 0) is 18.1 Å². The van der Waals surface area contributed by atoms with Gasteiger partial charge in [0.05, 0.1) is 5.92 Å².